The first-order valence-corrected chi connectivity index (χ1v) is 9.97. The maximum atomic E-state index is 12.9. The molecule has 2 aromatic rings. The van der Waals surface area contributed by atoms with Crippen molar-refractivity contribution >= 4 is 11.7 Å². The van der Waals surface area contributed by atoms with Crippen LogP contribution in [0.25, 0.3) is 0 Å². The highest BCUT2D eigenvalue weighted by Crippen LogP contribution is 2.34. The number of hydrogen-bond donors (Lipinski definition) is 1. The van der Waals surface area contributed by atoms with Crippen LogP contribution in [-0.2, 0) is 4.74 Å². The third kappa shape index (κ3) is 4.14. The normalized spacial score (nSPS) is 22.6. The van der Waals surface area contributed by atoms with Gasteiger partial charge in [0.05, 0.1) is 11.7 Å². The van der Waals surface area contributed by atoms with Gasteiger partial charge in [-0.3, -0.25) is 4.79 Å². The van der Waals surface area contributed by atoms with Gasteiger partial charge in [-0.05, 0) is 43.4 Å². The van der Waals surface area contributed by atoms with Gasteiger partial charge in [0.2, 0.25) is 0 Å². The summed E-state index contributed by atoms with van der Waals surface area (Å²) in [5.41, 5.74) is 1.89. The number of hydrogen-bond acceptors (Lipinski definition) is 4. The average Bonchev–Trinajstić information content (AvgIpc) is 3.22. The number of rotatable bonds is 5. The van der Waals surface area contributed by atoms with Crippen LogP contribution in [-0.4, -0.2) is 42.0 Å². The van der Waals surface area contributed by atoms with E-state index in [0.29, 0.717) is 17.3 Å². The van der Waals surface area contributed by atoms with Gasteiger partial charge in [0, 0.05) is 38.4 Å². The summed E-state index contributed by atoms with van der Waals surface area (Å²) in [6, 6.07) is 14.1. The van der Waals surface area contributed by atoms with E-state index in [-0.39, 0.29) is 12.0 Å². The number of benzene rings is 1. The molecular weight excluding hydrogens is 338 g/mol. The van der Waals surface area contributed by atoms with E-state index in [4.69, 9.17) is 4.74 Å². The Kier molecular flexibility index (Phi) is 5.68. The van der Waals surface area contributed by atoms with Gasteiger partial charge in [0.1, 0.15) is 5.82 Å². The number of anilines is 1. The summed E-state index contributed by atoms with van der Waals surface area (Å²) in [6.45, 7) is 3.21. The Bertz CT molecular complexity index is 759. The predicted molar refractivity (Wildman–Crippen MR) is 106 cm³/mol. The molecule has 0 radical (unpaired) electrons. The number of piperidine rings is 1. The van der Waals surface area contributed by atoms with Crippen molar-refractivity contribution in [2.45, 2.75) is 31.8 Å². The summed E-state index contributed by atoms with van der Waals surface area (Å²) in [6.07, 6.45) is 6.25. The number of nitrogens with zero attached hydrogens (tertiary/aromatic N) is 2. The molecule has 1 amide bonds. The van der Waals surface area contributed by atoms with Gasteiger partial charge >= 0.3 is 0 Å². The summed E-state index contributed by atoms with van der Waals surface area (Å²) in [5, 5.41) is 3.44. The van der Waals surface area contributed by atoms with Crippen LogP contribution in [0, 0.1) is 5.92 Å². The second-order valence-electron chi connectivity index (χ2n) is 7.38. The zero-order valence-corrected chi connectivity index (χ0v) is 15.6. The average molecular weight is 365 g/mol. The zero-order chi connectivity index (χ0) is 18.5. The Morgan fingerprint density at radius 3 is 2.74 bits per heavy atom. The van der Waals surface area contributed by atoms with Crippen LogP contribution < -0.4 is 5.32 Å². The van der Waals surface area contributed by atoms with Gasteiger partial charge in [0.25, 0.3) is 5.91 Å². The van der Waals surface area contributed by atoms with Crippen LogP contribution in [0.15, 0.2) is 48.7 Å². The molecule has 2 atom stereocenters. The Morgan fingerprint density at radius 1 is 1.11 bits per heavy atom. The predicted octanol–water partition coefficient (Wildman–Crippen LogP) is 3.90. The van der Waals surface area contributed by atoms with E-state index in [1.54, 1.807) is 6.20 Å². The standard InChI is InChI=1S/C22H27N3O2/c26-22(25-13-5-2-6-14-25)19-10-7-12-23-21(19)24-16-18-11-15-27-20(18)17-8-3-1-4-9-17/h1,3-4,7-10,12,18,20H,2,5-6,11,13-16H2,(H,23,24). The van der Waals surface area contributed by atoms with Crippen molar-refractivity contribution in [1.82, 2.24) is 9.88 Å². The number of carbonyl (C=O) groups is 1. The van der Waals surface area contributed by atoms with E-state index >= 15 is 0 Å². The summed E-state index contributed by atoms with van der Waals surface area (Å²) in [5.74, 6) is 1.15. The van der Waals surface area contributed by atoms with Crippen molar-refractivity contribution in [2.75, 3.05) is 31.6 Å². The molecule has 142 valence electrons. The monoisotopic (exact) mass is 365 g/mol. The minimum absolute atomic E-state index is 0.0904. The third-order valence-corrected chi connectivity index (χ3v) is 5.56. The fraction of sp³-hybridized carbons (Fsp3) is 0.455. The third-order valence-electron chi connectivity index (χ3n) is 5.56. The van der Waals surface area contributed by atoms with Crippen LogP contribution in [0.5, 0.6) is 0 Å². The first-order chi connectivity index (χ1) is 13.3. The van der Waals surface area contributed by atoms with Gasteiger partial charge in [-0.2, -0.15) is 0 Å². The van der Waals surface area contributed by atoms with Gasteiger partial charge in [-0.15, -0.1) is 0 Å². The molecule has 27 heavy (non-hydrogen) atoms. The summed E-state index contributed by atoms with van der Waals surface area (Å²) in [4.78, 5) is 19.3. The van der Waals surface area contributed by atoms with Gasteiger partial charge < -0.3 is 15.0 Å². The maximum Gasteiger partial charge on any atom is 0.257 e. The van der Waals surface area contributed by atoms with E-state index in [9.17, 15) is 4.79 Å². The van der Waals surface area contributed by atoms with E-state index < -0.39 is 0 Å². The highest BCUT2D eigenvalue weighted by atomic mass is 16.5. The first kappa shape index (κ1) is 18.0. The molecule has 2 aliphatic rings. The van der Waals surface area contributed by atoms with Crippen LogP contribution in [0.3, 0.4) is 0 Å². The molecule has 1 aromatic heterocycles. The van der Waals surface area contributed by atoms with Gasteiger partial charge in [0.15, 0.2) is 0 Å². The van der Waals surface area contributed by atoms with Gasteiger partial charge in [-0.1, -0.05) is 30.3 Å². The number of aromatic nitrogens is 1. The molecular formula is C22H27N3O2. The number of pyridine rings is 1. The van der Waals surface area contributed by atoms with Crippen molar-refractivity contribution in [3.63, 3.8) is 0 Å². The van der Waals surface area contributed by atoms with Crippen LogP contribution in [0.4, 0.5) is 5.82 Å². The van der Waals surface area contributed by atoms with E-state index in [1.165, 1.54) is 12.0 Å². The smallest absolute Gasteiger partial charge is 0.257 e. The van der Waals surface area contributed by atoms with Crippen molar-refractivity contribution in [2.24, 2.45) is 5.92 Å². The van der Waals surface area contributed by atoms with E-state index in [2.05, 4.69) is 34.6 Å². The number of carbonyl (C=O) groups excluding carboxylic acids is 1. The quantitative estimate of drug-likeness (QED) is 0.873. The topological polar surface area (TPSA) is 54.5 Å². The molecule has 0 aliphatic carbocycles. The van der Waals surface area contributed by atoms with Crippen LogP contribution in [0.1, 0.15) is 47.7 Å². The SMILES string of the molecule is O=C(c1cccnc1NCC1CCOC1c1ccccc1)N1CCCCC1. The summed E-state index contributed by atoms with van der Waals surface area (Å²) in [7, 11) is 0. The lowest BCUT2D eigenvalue weighted by molar-refractivity contribution is 0.0725. The molecule has 2 unspecified atom stereocenters. The van der Waals surface area contributed by atoms with Crippen molar-refractivity contribution < 1.29 is 9.53 Å². The largest absolute Gasteiger partial charge is 0.373 e. The Balaban J connectivity index is 1.44. The second-order valence-corrected chi connectivity index (χ2v) is 7.38. The zero-order valence-electron chi connectivity index (χ0n) is 15.6. The molecule has 3 heterocycles. The highest BCUT2D eigenvalue weighted by molar-refractivity contribution is 5.98. The molecule has 4 rings (SSSR count). The van der Waals surface area contributed by atoms with Crippen LogP contribution in [0.2, 0.25) is 0 Å². The van der Waals surface area contributed by atoms with Gasteiger partial charge in [-0.25, -0.2) is 4.98 Å². The molecule has 0 bridgehead atoms. The number of nitrogens with one attached hydrogen (secondary N) is 1. The molecule has 2 saturated heterocycles. The lowest BCUT2D eigenvalue weighted by Gasteiger charge is -2.27. The summed E-state index contributed by atoms with van der Waals surface area (Å²) < 4.78 is 5.98. The van der Waals surface area contributed by atoms with Crippen molar-refractivity contribution in [3.05, 3.63) is 59.8 Å². The highest BCUT2D eigenvalue weighted by Gasteiger charge is 2.30. The lowest BCUT2D eigenvalue weighted by atomic mass is 9.95. The fourth-order valence-corrected chi connectivity index (χ4v) is 4.07. The lowest BCUT2D eigenvalue weighted by Crippen LogP contribution is -2.36. The Morgan fingerprint density at radius 2 is 1.93 bits per heavy atom. The number of ether oxygens (including phenoxy) is 1. The molecule has 1 aromatic carbocycles. The van der Waals surface area contributed by atoms with Crippen LogP contribution >= 0.6 is 0 Å². The molecule has 0 saturated carbocycles. The molecule has 5 nitrogen and oxygen atoms in total. The Labute approximate surface area is 160 Å². The molecule has 1 N–H and O–H groups in total. The number of amides is 1. The number of likely N-dealkylation sites (tertiary alicyclic amines) is 1. The fourth-order valence-electron chi connectivity index (χ4n) is 4.07. The molecule has 0 spiro atoms. The molecule has 2 aliphatic heterocycles. The summed E-state index contributed by atoms with van der Waals surface area (Å²) >= 11 is 0. The first-order valence-electron chi connectivity index (χ1n) is 9.97. The molecule has 5 heteroatoms. The Hall–Kier alpha value is -2.40. The van der Waals surface area contributed by atoms with E-state index in [0.717, 1.165) is 45.5 Å². The minimum atomic E-state index is 0.0904. The minimum Gasteiger partial charge on any atom is -0.373 e. The van der Waals surface area contributed by atoms with Crippen molar-refractivity contribution in [3.8, 4) is 0 Å². The molecule has 2 fully saturated rings. The second kappa shape index (κ2) is 8.53. The maximum absolute atomic E-state index is 12.9. The van der Waals surface area contributed by atoms with Crippen molar-refractivity contribution in [1.29, 1.82) is 0 Å². The van der Waals surface area contributed by atoms with E-state index in [1.807, 2.05) is 23.1 Å².